The monoisotopic (exact) mass is 271 g/mol. The first-order chi connectivity index (χ1) is 9.15. The lowest BCUT2D eigenvalue weighted by atomic mass is 9.86. The van der Waals surface area contributed by atoms with Crippen LogP contribution in [-0.4, -0.2) is 36.2 Å². The van der Waals surface area contributed by atoms with E-state index in [4.69, 9.17) is 0 Å². The van der Waals surface area contributed by atoms with Crippen molar-refractivity contribution >= 4 is 5.91 Å². The number of rotatable bonds is 4. The summed E-state index contributed by atoms with van der Waals surface area (Å²) in [6, 6.07) is 0.279. The van der Waals surface area contributed by atoms with Crippen LogP contribution in [0, 0.1) is 16.0 Å². The van der Waals surface area contributed by atoms with Crippen LogP contribution in [0.15, 0.2) is 0 Å². The molecule has 1 aliphatic heterocycles. The first-order valence-corrected chi connectivity index (χ1v) is 6.97. The van der Waals surface area contributed by atoms with Gasteiger partial charge in [-0.05, 0) is 51.6 Å². The van der Waals surface area contributed by atoms with Gasteiger partial charge in [-0.3, -0.25) is 4.79 Å². The maximum atomic E-state index is 12.1. The van der Waals surface area contributed by atoms with E-state index >= 15 is 0 Å². The van der Waals surface area contributed by atoms with Crippen LogP contribution < -0.4 is 10.6 Å². The third-order valence-corrected chi connectivity index (χ3v) is 3.97. The molecule has 1 saturated carbocycles. The molecule has 2 rings (SSSR count). The van der Waals surface area contributed by atoms with Gasteiger partial charge in [-0.2, -0.15) is 0 Å². The fraction of sp³-hybridized carbons (Fsp3) is 0.917. The van der Waals surface area contributed by atoms with E-state index in [2.05, 4.69) is 15.5 Å². The Morgan fingerprint density at radius 3 is 2.37 bits per heavy atom. The fourth-order valence-corrected chi connectivity index (χ4v) is 2.84. The molecule has 1 heterocycles. The van der Waals surface area contributed by atoms with Gasteiger partial charge in [0.05, 0.1) is 0 Å². The van der Waals surface area contributed by atoms with Gasteiger partial charge in [0.2, 0.25) is 5.91 Å². The normalized spacial score (nSPS) is 28.6. The molecule has 0 aromatic rings. The van der Waals surface area contributed by atoms with E-state index in [0.29, 0.717) is 25.7 Å². The molecule has 2 aliphatic rings. The topological polar surface area (TPSA) is 93.5 Å². The van der Waals surface area contributed by atoms with Crippen molar-refractivity contribution in [2.75, 3.05) is 13.1 Å². The molecular formula is C12H21N3O4. The van der Waals surface area contributed by atoms with Crippen molar-refractivity contribution in [3.05, 3.63) is 10.1 Å². The molecule has 108 valence electrons. The molecule has 0 radical (unpaired) electrons. The van der Waals surface area contributed by atoms with Gasteiger partial charge in [0.15, 0.2) is 0 Å². The molecule has 0 spiro atoms. The minimum Gasteiger partial charge on any atom is -0.353 e. The maximum Gasteiger partial charge on any atom is 0.294 e. The number of nitrogens with zero attached hydrogens (tertiary/aromatic N) is 1. The molecule has 0 aromatic heterocycles. The molecule has 19 heavy (non-hydrogen) atoms. The summed E-state index contributed by atoms with van der Waals surface area (Å²) in [6.45, 7) is 1.91. The van der Waals surface area contributed by atoms with Crippen LogP contribution in [0.5, 0.6) is 0 Å². The van der Waals surface area contributed by atoms with Gasteiger partial charge in [-0.25, -0.2) is 0 Å². The Morgan fingerprint density at radius 1 is 1.16 bits per heavy atom. The number of carbonyl (C=O) groups is 1. The molecule has 0 unspecified atom stereocenters. The minimum absolute atomic E-state index is 0.0125. The van der Waals surface area contributed by atoms with Crippen LogP contribution in [0.4, 0.5) is 0 Å². The summed E-state index contributed by atoms with van der Waals surface area (Å²) < 4.78 is 0. The lowest BCUT2D eigenvalue weighted by molar-refractivity contribution is -0.769. The SMILES string of the molecule is O=C(NC1CCNCC1)C1CCC(O[N+](=O)[O-])CC1. The van der Waals surface area contributed by atoms with Crippen LogP contribution in [0.25, 0.3) is 0 Å². The standard InChI is InChI=1S/C12H21N3O4/c16-12(14-10-5-7-13-8-6-10)9-1-3-11(4-2-9)19-15(17)18/h9-11,13H,1-8H2,(H,14,16). The van der Waals surface area contributed by atoms with E-state index in [1.807, 2.05) is 0 Å². The highest BCUT2D eigenvalue weighted by molar-refractivity contribution is 5.79. The van der Waals surface area contributed by atoms with E-state index < -0.39 is 5.09 Å². The van der Waals surface area contributed by atoms with E-state index in [1.54, 1.807) is 0 Å². The van der Waals surface area contributed by atoms with Crippen LogP contribution in [0.1, 0.15) is 38.5 Å². The maximum absolute atomic E-state index is 12.1. The molecular weight excluding hydrogens is 250 g/mol. The second-order valence-corrected chi connectivity index (χ2v) is 5.34. The summed E-state index contributed by atoms with van der Waals surface area (Å²) in [6.07, 6.45) is 4.15. The zero-order valence-electron chi connectivity index (χ0n) is 11.0. The Labute approximate surface area is 112 Å². The lowest BCUT2D eigenvalue weighted by Gasteiger charge is -2.29. The molecule has 2 N–H and O–H groups in total. The number of hydrogen-bond acceptors (Lipinski definition) is 5. The zero-order chi connectivity index (χ0) is 13.7. The summed E-state index contributed by atoms with van der Waals surface area (Å²) >= 11 is 0. The first-order valence-electron chi connectivity index (χ1n) is 6.97. The van der Waals surface area contributed by atoms with Crippen molar-refractivity contribution in [1.29, 1.82) is 0 Å². The van der Waals surface area contributed by atoms with Crippen LogP contribution in [0.2, 0.25) is 0 Å². The summed E-state index contributed by atoms with van der Waals surface area (Å²) in [4.78, 5) is 26.9. The summed E-state index contributed by atoms with van der Waals surface area (Å²) in [5, 5.41) is 15.9. The van der Waals surface area contributed by atoms with Crippen molar-refractivity contribution in [3.63, 3.8) is 0 Å². The van der Waals surface area contributed by atoms with E-state index in [-0.39, 0.29) is 24.0 Å². The zero-order valence-corrected chi connectivity index (χ0v) is 11.0. The third-order valence-electron chi connectivity index (χ3n) is 3.97. The average Bonchev–Trinajstić information content (AvgIpc) is 2.40. The number of nitrogens with one attached hydrogen (secondary N) is 2. The largest absolute Gasteiger partial charge is 0.353 e. The lowest BCUT2D eigenvalue weighted by Crippen LogP contribution is -2.45. The number of piperidine rings is 1. The second-order valence-electron chi connectivity index (χ2n) is 5.34. The van der Waals surface area contributed by atoms with Gasteiger partial charge >= 0.3 is 0 Å². The third kappa shape index (κ3) is 4.34. The molecule has 7 heteroatoms. The molecule has 1 aliphatic carbocycles. The fourth-order valence-electron chi connectivity index (χ4n) is 2.84. The van der Waals surface area contributed by atoms with Gasteiger partial charge in [-0.15, -0.1) is 10.1 Å². The summed E-state index contributed by atoms with van der Waals surface area (Å²) in [5.41, 5.74) is 0. The number of carbonyl (C=O) groups excluding carboxylic acids is 1. The molecule has 2 fully saturated rings. The summed E-state index contributed by atoms with van der Waals surface area (Å²) in [5.74, 6) is 0.0907. The highest BCUT2D eigenvalue weighted by Crippen LogP contribution is 2.26. The molecule has 1 saturated heterocycles. The minimum atomic E-state index is -0.736. The van der Waals surface area contributed by atoms with Crippen molar-refractivity contribution in [2.24, 2.45) is 5.92 Å². The van der Waals surface area contributed by atoms with Crippen LogP contribution in [0.3, 0.4) is 0 Å². The number of amides is 1. The molecule has 7 nitrogen and oxygen atoms in total. The van der Waals surface area contributed by atoms with E-state index in [1.165, 1.54) is 0 Å². The van der Waals surface area contributed by atoms with Gasteiger partial charge < -0.3 is 15.5 Å². The van der Waals surface area contributed by atoms with Crippen molar-refractivity contribution < 1.29 is 14.7 Å². The second kappa shape index (κ2) is 6.70. The Bertz CT molecular complexity index is 323. The predicted molar refractivity (Wildman–Crippen MR) is 67.9 cm³/mol. The van der Waals surface area contributed by atoms with Gasteiger partial charge in [-0.1, -0.05) is 0 Å². The molecule has 0 aromatic carbocycles. The van der Waals surface area contributed by atoms with Crippen molar-refractivity contribution in [3.8, 4) is 0 Å². The van der Waals surface area contributed by atoms with Crippen molar-refractivity contribution in [2.45, 2.75) is 50.7 Å². The highest BCUT2D eigenvalue weighted by atomic mass is 17.0. The van der Waals surface area contributed by atoms with Gasteiger partial charge in [0.25, 0.3) is 5.09 Å². The van der Waals surface area contributed by atoms with Crippen LogP contribution >= 0.6 is 0 Å². The Kier molecular flexibility index (Phi) is 4.95. The van der Waals surface area contributed by atoms with Gasteiger partial charge in [0.1, 0.15) is 6.10 Å². The van der Waals surface area contributed by atoms with E-state index in [9.17, 15) is 14.9 Å². The Morgan fingerprint density at radius 2 is 1.79 bits per heavy atom. The molecule has 0 bridgehead atoms. The Balaban J connectivity index is 1.71. The van der Waals surface area contributed by atoms with Crippen LogP contribution in [-0.2, 0) is 9.63 Å². The highest BCUT2D eigenvalue weighted by Gasteiger charge is 2.29. The van der Waals surface area contributed by atoms with E-state index in [0.717, 1.165) is 25.9 Å². The average molecular weight is 271 g/mol. The van der Waals surface area contributed by atoms with Crippen molar-refractivity contribution in [1.82, 2.24) is 10.6 Å². The first kappa shape index (κ1) is 14.0. The quantitative estimate of drug-likeness (QED) is 0.577. The number of hydrogen-bond donors (Lipinski definition) is 2. The predicted octanol–water partition coefficient (Wildman–Crippen LogP) is 0.622. The molecule has 1 amide bonds. The Hall–Kier alpha value is -1.37. The van der Waals surface area contributed by atoms with Gasteiger partial charge in [0, 0.05) is 12.0 Å². The summed E-state index contributed by atoms with van der Waals surface area (Å²) in [7, 11) is 0. The molecule has 0 atom stereocenters. The smallest absolute Gasteiger partial charge is 0.294 e.